The van der Waals surface area contributed by atoms with E-state index in [1.54, 1.807) is 20.3 Å². The number of anilines is 1. The minimum Gasteiger partial charge on any atom is -0.497 e. The molecule has 3 aromatic carbocycles. The van der Waals surface area contributed by atoms with Crippen LogP contribution in [0.5, 0.6) is 11.5 Å². The molecule has 1 heterocycles. The first kappa shape index (κ1) is 18.5. The molecular weight excluding hydrogens is 364 g/mol. The molecule has 0 spiro atoms. The predicted molar refractivity (Wildman–Crippen MR) is 115 cm³/mol. The molecule has 0 atom stereocenters. The van der Waals surface area contributed by atoms with Crippen LogP contribution in [0, 0.1) is 0 Å². The van der Waals surface area contributed by atoms with Gasteiger partial charge in [-0.25, -0.2) is 4.98 Å². The number of amides is 1. The van der Waals surface area contributed by atoms with Crippen LogP contribution in [-0.4, -0.2) is 25.1 Å². The number of nitrogens with one attached hydrogen (secondary N) is 1. The molecule has 1 aromatic heterocycles. The topological polar surface area (TPSA) is 60.5 Å². The van der Waals surface area contributed by atoms with Gasteiger partial charge in [0.15, 0.2) is 0 Å². The number of pyridine rings is 1. The van der Waals surface area contributed by atoms with Crippen LogP contribution in [0.25, 0.3) is 22.0 Å². The smallest absolute Gasteiger partial charge is 0.274 e. The number of hydrogen-bond acceptors (Lipinski definition) is 4. The van der Waals surface area contributed by atoms with E-state index >= 15 is 0 Å². The van der Waals surface area contributed by atoms with E-state index in [-0.39, 0.29) is 5.91 Å². The Labute approximate surface area is 168 Å². The molecule has 1 amide bonds. The second-order valence-electron chi connectivity index (χ2n) is 6.49. The van der Waals surface area contributed by atoms with Crippen molar-refractivity contribution in [3.05, 3.63) is 84.6 Å². The van der Waals surface area contributed by atoms with E-state index in [2.05, 4.69) is 10.3 Å². The van der Waals surface area contributed by atoms with Crippen LogP contribution in [-0.2, 0) is 0 Å². The molecule has 144 valence electrons. The molecule has 0 radical (unpaired) electrons. The van der Waals surface area contributed by atoms with Crippen molar-refractivity contribution in [2.24, 2.45) is 0 Å². The second-order valence-corrected chi connectivity index (χ2v) is 6.49. The molecule has 4 rings (SSSR count). The van der Waals surface area contributed by atoms with E-state index in [1.807, 2.05) is 72.8 Å². The Balaban J connectivity index is 1.63. The standard InChI is InChI=1S/C24H20N2O3/c1-28-19-11-7-16(8-12-19)20-15-18(10-14-23(20)29-2)25-24(27)22-13-9-17-5-3-4-6-21(17)26-22/h3-15H,1-2H3,(H,25,27). The summed E-state index contributed by atoms with van der Waals surface area (Å²) in [6.45, 7) is 0. The second kappa shape index (κ2) is 8.02. The fourth-order valence-electron chi connectivity index (χ4n) is 3.17. The van der Waals surface area contributed by atoms with Crippen molar-refractivity contribution in [1.82, 2.24) is 4.98 Å². The highest BCUT2D eigenvalue weighted by Gasteiger charge is 2.12. The summed E-state index contributed by atoms with van der Waals surface area (Å²) in [6, 6.07) is 24.5. The zero-order valence-corrected chi connectivity index (χ0v) is 16.2. The summed E-state index contributed by atoms with van der Waals surface area (Å²) in [4.78, 5) is 17.2. The Morgan fingerprint density at radius 1 is 0.862 bits per heavy atom. The maximum absolute atomic E-state index is 12.7. The summed E-state index contributed by atoms with van der Waals surface area (Å²) >= 11 is 0. The van der Waals surface area contributed by atoms with Crippen molar-refractivity contribution >= 4 is 22.5 Å². The molecule has 0 bridgehead atoms. The first-order valence-corrected chi connectivity index (χ1v) is 9.17. The molecule has 0 aliphatic carbocycles. The lowest BCUT2D eigenvalue weighted by Gasteiger charge is -2.12. The van der Waals surface area contributed by atoms with Crippen molar-refractivity contribution in [3.8, 4) is 22.6 Å². The SMILES string of the molecule is COc1ccc(-c2cc(NC(=O)c3ccc4ccccc4n3)ccc2OC)cc1. The highest BCUT2D eigenvalue weighted by molar-refractivity contribution is 6.04. The first-order valence-electron chi connectivity index (χ1n) is 9.17. The summed E-state index contributed by atoms with van der Waals surface area (Å²) in [5, 5.41) is 3.92. The van der Waals surface area contributed by atoms with Gasteiger partial charge in [0, 0.05) is 16.6 Å². The average Bonchev–Trinajstić information content (AvgIpc) is 2.78. The molecule has 5 nitrogen and oxygen atoms in total. The maximum Gasteiger partial charge on any atom is 0.274 e. The van der Waals surface area contributed by atoms with Crippen molar-refractivity contribution in [2.45, 2.75) is 0 Å². The van der Waals surface area contributed by atoms with Gasteiger partial charge in [0.2, 0.25) is 0 Å². The van der Waals surface area contributed by atoms with E-state index in [4.69, 9.17) is 9.47 Å². The van der Waals surface area contributed by atoms with Crippen LogP contribution in [0.3, 0.4) is 0 Å². The molecule has 0 saturated heterocycles. The van der Waals surface area contributed by atoms with Gasteiger partial charge >= 0.3 is 0 Å². The normalized spacial score (nSPS) is 10.6. The molecule has 0 unspecified atom stereocenters. The number of nitrogens with zero attached hydrogens (tertiary/aromatic N) is 1. The third-order valence-electron chi connectivity index (χ3n) is 4.69. The van der Waals surface area contributed by atoms with Crippen LogP contribution >= 0.6 is 0 Å². The van der Waals surface area contributed by atoms with Gasteiger partial charge in [-0.15, -0.1) is 0 Å². The van der Waals surface area contributed by atoms with E-state index in [0.29, 0.717) is 11.4 Å². The molecule has 0 aliphatic heterocycles. The van der Waals surface area contributed by atoms with E-state index < -0.39 is 0 Å². The van der Waals surface area contributed by atoms with Crippen LogP contribution in [0.15, 0.2) is 78.9 Å². The first-order chi connectivity index (χ1) is 14.2. The van der Waals surface area contributed by atoms with E-state index in [9.17, 15) is 4.79 Å². The summed E-state index contributed by atoms with van der Waals surface area (Å²) in [6.07, 6.45) is 0. The Kier molecular flexibility index (Phi) is 5.12. The number of benzene rings is 3. The van der Waals surface area contributed by atoms with Crippen molar-refractivity contribution < 1.29 is 14.3 Å². The van der Waals surface area contributed by atoms with Gasteiger partial charge < -0.3 is 14.8 Å². The van der Waals surface area contributed by atoms with Crippen LogP contribution in [0.4, 0.5) is 5.69 Å². The lowest BCUT2D eigenvalue weighted by atomic mass is 10.0. The maximum atomic E-state index is 12.7. The number of hydrogen-bond donors (Lipinski definition) is 1. The molecule has 4 aromatic rings. The molecule has 1 N–H and O–H groups in total. The third-order valence-corrected chi connectivity index (χ3v) is 4.69. The predicted octanol–water partition coefficient (Wildman–Crippen LogP) is 5.17. The average molecular weight is 384 g/mol. The van der Waals surface area contributed by atoms with Gasteiger partial charge in [0.25, 0.3) is 5.91 Å². The lowest BCUT2D eigenvalue weighted by molar-refractivity contribution is 0.102. The van der Waals surface area contributed by atoms with Gasteiger partial charge in [-0.1, -0.05) is 36.4 Å². The Bertz CT molecular complexity index is 1170. The molecule has 29 heavy (non-hydrogen) atoms. The zero-order valence-electron chi connectivity index (χ0n) is 16.2. The minimum absolute atomic E-state index is 0.262. The number of fused-ring (bicyclic) bond motifs is 1. The van der Waals surface area contributed by atoms with Crippen molar-refractivity contribution in [3.63, 3.8) is 0 Å². The number of methoxy groups -OCH3 is 2. The molecular formula is C24H20N2O3. The summed E-state index contributed by atoms with van der Waals surface area (Å²) < 4.78 is 10.7. The minimum atomic E-state index is -0.262. The summed E-state index contributed by atoms with van der Waals surface area (Å²) in [7, 11) is 3.26. The number of carbonyl (C=O) groups excluding carboxylic acids is 1. The van der Waals surface area contributed by atoms with Crippen LogP contribution in [0.1, 0.15) is 10.5 Å². The largest absolute Gasteiger partial charge is 0.497 e. The van der Waals surface area contributed by atoms with E-state index in [1.165, 1.54) is 0 Å². The fraction of sp³-hybridized carbons (Fsp3) is 0.0833. The molecule has 0 fully saturated rings. The number of para-hydroxylation sites is 1. The van der Waals surface area contributed by atoms with Crippen molar-refractivity contribution in [2.75, 3.05) is 19.5 Å². The number of carbonyl (C=O) groups is 1. The zero-order chi connectivity index (χ0) is 20.2. The monoisotopic (exact) mass is 384 g/mol. The molecule has 0 saturated carbocycles. The van der Waals surface area contributed by atoms with Crippen LogP contribution in [0.2, 0.25) is 0 Å². The van der Waals surface area contributed by atoms with Gasteiger partial charge in [-0.3, -0.25) is 4.79 Å². The van der Waals surface area contributed by atoms with Gasteiger partial charge in [0.05, 0.1) is 19.7 Å². The quantitative estimate of drug-likeness (QED) is 0.516. The highest BCUT2D eigenvalue weighted by Crippen LogP contribution is 2.33. The van der Waals surface area contributed by atoms with Gasteiger partial charge in [-0.2, -0.15) is 0 Å². The summed E-state index contributed by atoms with van der Waals surface area (Å²) in [5.41, 5.74) is 3.65. The van der Waals surface area contributed by atoms with Crippen molar-refractivity contribution in [1.29, 1.82) is 0 Å². The number of ether oxygens (including phenoxy) is 2. The number of aromatic nitrogens is 1. The highest BCUT2D eigenvalue weighted by atomic mass is 16.5. The fourth-order valence-corrected chi connectivity index (χ4v) is 3.17. The van der Waals surface area contributed by atoms with E-state index in [0.717, 1.165) is 33.5 Å². The van der Waals surface area contributed by atoms with Crippen LogP contribution < -0.4 is 14.8 Å². The Morgan fingerprint density at radius 3 is 2.41 bits per heavy atom. The van der Waals surface area contributed by atoms with Gasteiger partial charge in [0.1, 0.15) is 17.2 Å². The summed E-state index contributed by atoms with van der Waals surface area (Å²) in [5.74, 6) is 1.23. The third kappa shape index (κ3) is 3.89. The molecule has 0 aliphatic rings. The molecule has 5 heteroatoms. The Hall–Kier alpha value is -3.86. The lowest BCUT2D eigenvalue weighted by Crippen LogP contribution is -2.13. The van der Waals surface area contributed by atoms with Gasteiger partial charge in [-0.05, 0) is 48.0 Å². The number of rotatable bonds is 5. The Morgan fingerprint density at radius 2 is 1.66 bits per heavy atom.